The van der Waals surface area contributed by atoms with Gasteiger partial charge in [-0.3, -0.25) is 30.6 Å². The van der Waals surface area contributed by atoms with E-state index in [1.54, 1.807) is 18.2 Å². The van der Waals surface area contributed by atoms with Crippen LogP contribution in [0.15, 0.2) is 48.5 Å². The van der Waals surface area contributed by atoms with E-state index in [4.69, 9.17) is 0 Å². The zero-order valence-electron chi connectivity index (χ0n) is 12.5. The number of halogens is 1. The van der Waals surface area contributed by atoms with E-state index in [2.05, 4.69) is 10.9 Å². The number of non-ortho nitro benzene ring substituents is 1. The van der Waals surface area contributed by atoms with Crippen LogP contribution in [0.5, 0.6) is 0 Å². The van der Waals surface area contributed by atoms with Crippen LogP contribution >= 0.6 is 0 Å². The highest BCUT2D eigenvalue weighted by Gasteiger charge is 2.11. The summed E-state index contributed by atoms with van der Waals surface area (Å²) in [6.07, 6.45) is 0.202. The first-order chi connectivity index (χ1) is 11.5. The van der Waals surface area contributed by atoms with Gasteiger partial charge in [0.15, 0.2) is 0 Å². The van der Waals surface area contributed by atoms with Gasteiger partial charge < -0.3 is 0 Å². The molecule has 124 valence electrons. The van der Waals surface area contributed by atoms with Crippen molar-refractivity contribution in [1.29, 1.82) is 0 Å². The van der Waals surface area contributed by atoms with Crippen LogP contribution in [0.2, 0.25) is 0 Å². The molecule has 2 aromatic carbocycles. The molecular weight excluding hydrogens is 317 g/mol. The molecule has 0 bridgehead atoms. The first-order valence-electron chi connectivity index (χ1n) is 7.04. The third kappa shape index (κ3) is 4.60. The van der Waals surface area contributed by atoms with Crippen LogP contribution in [-0.2, 0) is 11.2 Å². The number of hydrogen-bond donors (Lipinski definition) is 2. The highest BCUT2D eigenvalue weighted by atomic mass is 19.1. The Bertz CT molecular complexity index is 762. The molecule has 2 aromatic rings. The van der Waals surface area contributed by atoms with Crippen LogP contribution in [0, 0.1) is 15.9 Å². The van der Waals surface area contributed by atoms with Crippen molar-refractivity contribution < 1.29 is 18.9 Å². The largest absolute Gasteiger partial charge is 0.273 e. The summed E-state index contributed by atoms with van der Waals surface area (Å²) >= 11 is 0. The number of carbonyl (C=O) groups excluding carboxylic acids is 2. The normalized spacial score (nSPS) is 10.0. The van der Waals surface area contributed by atoms with Gasteiger partial charge in [-0.05, 0) is 30.2 Å². The average molecular weight is 331 g/mol. The summed E-state index contributed by atoms with van der Waals surface area (Å²) in [6.45, 7) is 0. The van der Waals surface area contributed by atoms with Crippen LogP contribution in [0.25, 0.3) is 0 Å². The predicted molar refractivity (Wildman–Crippen MR) is 83.4 cm³/mol. The lowest BCUT2D eigenvalue weighted by Gasteiger charge is -2.07. The van der Waals surface area contributed by atoms with Gasteiger partial charge in [-0.1, -0.05) is 18.2 Å². The summed E-state index contributed by atoms with van der Waals surface area (Å²) in [7, 11) is 0. The topological polar surface area (TPSA) is 101 Å². The van der Waals surface area contributed by atoms with Crippen molar-refractivity contribution in [3.05, 3.63) is 75.6 Å². The summed E-state index contributed by atoms with van der Waals surface area (Å²) in [5.41, 5.74) is 4.84. The third-order valence-electron chi connectivity index (χ3n) is 3.24. The Kier molecular flexibility index (Phi) is 5.56. The minimum absolute atomic E-state index is 0.00146. The summed E-state index contributed by atoms with van der Waals surface area (Å²) in [4.78, 5) is 33.4. The van der Waals surface area contributed by atoms with Crippen molar-refractivity contribution in [3.63, 3.8) is 0 Å². The van der Waals surface area contributed by atoms with Crippen molar-refractivity contribution >= 4 is 17.5 Å². The molecule has 0 spiro atoms. The number of nitrogens with zero attached hydrogens (tertiary/aromatic N) is 1. The van der Waals surface area contributed by atoms with E-state index in [9.17, 15) is 24.1 Å². The number of rotatable bonds is 5. The van der Waals surface area contributed by atoms with Gasteiger partial charge >= 0.3 is 0 Å². The van der Waals surface area contributed by atoms with Crippen molar-refractivity contribution in [2.45, 2.75) is 12.8 Å². The molecule has 0 aliphatic rings. The highest BCUT2D eigenvalue weighted by molar-refractivity contribution is 5.95. The molecule has 0 aromatic heterocycles. The number of aryl methyl sites for hydroxylation is 1. The van der Waals surface area contributed by atoms with E-state index in [0.29, 0.717) is 5.56 Å². The SMILES string of the molecule is O=C(CCc1ccccc1F)NNC(=O)c1ccc([N+](=O)[O-])cc1. The van der Waals surface area contributed by atoms with Gasteiger partial charge in [0.2, 0.25) is 5.91 Å². The first kappa shape index (κ1) is 17.1. The van der Waals surface area contributed by atoms with Crippen LogP contribution in [0.4, 0.5) is 10.1 Å². The van der Waals surface area contributed by atoms with Crippen LogP contribution in [0.3, 0.4) is 0 Å². The molecule has 2 amide bonds. The Hall–Kier alpha value is -3.29. The van der Waals surface area contributed by atoms with Crippen LogP contribution < -0.4 is 10.9 Å². The Morgan fingerprint density at radius 2 is 1.71 bits per heavy atom. The summed E-state index contributed by atoms with van der Waals surface area (Å²) < 4.78 is 13.4. The first-order valence-corrected chi connectivity index (χ1v) is 7.04. The zero-order chi connectivity index (χ0) is 17.5. The molecule has 0 radical (unpaired) electrons. The smallest absolute Gasteiger partial charge is 0.269 e. The van der Waals surface area contributed by atoms with Gasteiger partial charge in [-0.25, -0.2) is 4.39 Å². The molecule has 0 saturated carbocycles. The third-order valence-corrected chi connectivity index (χ3v) is 3.24. The number of amides is 2. The van der Waals surface area contributed by atoms with Crippen molar-refractivity contribution in [3.8, 4) is 0 Å². The molecule has 0 aliphatic heterocycles. The van der Waals surface area contributed by atoms with Crippen molar-refractivity contribution in [2.24, 2.45) is 0 Å². The second kappa shape index (κ2) is 7.82. The number of carbonyl (C=O) groups is 2. The number of benzene rings is 2. The number of nitro groups is 1. The molecule has 0 fully saturated rings. The Balaban J connectivity index is 1.81. The lowest BCUT2D eigenvalue weighted by atomic mass is 10.1. The van der Waals surface area contributed by atoms with Gasteiger partial charge in [0, 0.05) is 24.1 Å². The maximum absolute atomic E-state index is 13.4. The van der Waals surface area contributed by atoms with E-state index in [0.717, 1.165) is 0 Å². The fraction of sp³-hybridized carbons (Fsp3) is 0.125. The van der Waals surface area contributed by atoms with Gasteiger partial charge in [0.25, 0.3) is 11.6 Å². The summed E-state index contributed by atoms with van der Waals surface area (Å²) in [6, 6.07) is 11.1. The van der Waals surface area contributed by atoms with E-state index in [1.807, 2.05) is 0 Å². The van der Waals surface area contributed by atoms with Crippen LogP contribution in [0.1, 0.15) is 22.3 Å². The molecule has 2 N–H and O–H groups in total. The number of nitrogens with one attached hydrogen (secondary N) is 2. The van der Waals surface area contributed by atoms with Gasteiger partial charge in [0.05, 0.1) is 4.92 Å². The maximum atomic E-state index is 13.4. The molecule has 0 saturated heterocycles. The van der Waals surface area contributed by atoms with Crippen LogP contribution in [-0.4, -0.2) is 16.7 Å². The maximum Gasteiger partial charge on any atom is 0.269 e. The number of hydrazine groups is 1. The van der Waals surface area contributed by atoms with Gasteiger partial charge in [-0.2, -0.15) is 0 Å². The molecule has 0 aliphatic carbocycles. The minimum Gasteiger partial charge on any atom is -0.273 e. The van der Waals surface area contributed by atoms with E-state index >= 15 is 0 Å². The number of nitro benzene ring substituents is 1. The predicted octanol–water partition coefficient (Wildman–Crippen LogP) is 2.13. The Morgan fingerprint density at radius 3 is 2.33 bits per heavy atom. The van der Waals surface area contributed by atoms with E-state index < -0.39 is 16.7 Å². The molecule has 8 heteroatoms. The monoisotopic (exact) mass is 331 g/mol. The van der Waals surface area contributed by atoms with Crippen molar-refractivity contribution in [2.75, 3.05) is 0 Å². The molecular formula is C16H14FN3O4. The highest BCUT2D eigenvalue weighted by Crippen LogP contribution is 2.11. The molecule has 2 rings (SSSR count). The Morgan fingerprint density at radius 1 is 1.04 bits per heavy atom. The second-order valence-corrected chi connectivity index (χ2v) is 4.90. The fourth-order valence-electron chi connectivity index (χ4n) is 1.95. The van der Waals surface area contributed by atoms with Gasteiger partial charge in [0.1, 0.15) is 5.82 Å². The van der Waals surface area contributed by atoms with E-state index in [1.165, 1.54) is 30.3 Å². The zero-order valence-corrected chi connectivity index (χ0v) is 12.5. The van der Waals surface area contributed by atoms with E-state index in [-0.39, 0.29) is 29.9 Å². The number of hydrogen-bond acceptors (Lipinski definition) is 4. The molecule has 0 unspecified atom stereocenters. The standard InChI is InChI=1S/C16H14FN3O4/c17-14-4-2-1-3-11(14)7-10-15(21)18-19-16(22)12-5-8-13(9-6-12)20(23)24/h1-6,8-9H,7,10H2,(H,18,21)(H,19,22). The molecule has 24 heavy (non-hydrogen) atoms. The quantitative estimate of drug-likeness (QED) is 0.647. The lowest BCUT2D eigenvalue weighted by molar-refractivity contribution is -0.384. The van der Waals surface area contributed by atoms with Crippen molar-refractivity contribution in [1.82, 2.24) is 10.9 Å². The minimum atomic E-state index is -0.607. The molecule has 0 atom stereocenters. The fourth-order valence-corrected chi connectivity index (χ4v) is 1.95. The summed E-state index contributed by atoms with van der Waals surface area (Å²) in [5, 5.41) is 10.5. The average Bonchev–Trinajstić information content (AvgIpc) is 2.59. The second-order valence-electron chi connectivity index (χ2n) is 4.90. The van der Waals surface area contributed by atoms with Gasteiger partial charge in [-0.15, -0.1) is 0 Å². The lowest BCUT2D eigenvalue weighted by Crippen LogP contribution is -2.41. The summed E-state index contributed by atoms with van der Waals surface area (Å²) in [5.74, 6) is -1.47. The molecule has 0 heterocycles. The molecule has 7 nitrogen and oxygen atoms in total. The Labute approximate surface area is 136 Å².